The van der Waals surface area contributed by atoms with E-state index >= 15 is 0 Å². The molecule has 0 aromatic heterocycles. The predicted octanol–water partition coefficient (Wildman–Crippen LogP) is 2.01. The van der Waals surface area contributed by atoms with Gasteiger partial charge in [0, 0.05) is 19.5 Å². The molecule has 0 bridgehead atoms. The third kappa shape index (κ3) is 4.53. The van der Waals surface area contributed by atoms with E-state index in [9.17, 15) is 9.90 Å². The summed E-state index contributed by atoms with van der Waals surface area (Å²) in [6.07, 6.45) is 1.11. The third-order valence-corrected chi connectivity index (χ3v) is 3.28. The summed E-state index contributed by atoms with van der Waals surface area (Å²) in [5.41, 5.74) is 8.09. The number of amides is 1. The average molecular weight is 278 g/mol. The molecule has 112 valence electrons. The molecule has 0 aliphatic rings. The van der Waals surface area contributed by atoms with Crippen LogP contribution < -0.4 is 11.1 Å². The first-order chi connectivity index (χ1) is 9.25. The summed E-state index contributed by atoms with van der Waals surface area (Å²) in [6, 6.07) is 3.94. The molecule has 0 spiro atoms. The Bertz CT molecular complexity index is 476. The Balaban J connectivity index is 2.82. The lowest BCUT2D eigenvalue weighted by Crippen LogP contribution is -2.29. The van der Waals surface area contributed by atoms with Crippen LogP contribution in [0.15, 0.2) is 12.1 Å². The Hall–Kier alpha value is -1.55. The minimum absolute atomic E-state index is 0.0125. The van der Waals surface area contributed by atoms with Crippen molar-refractivity contribution in [2.45, 2.75) is 46.0 Å². The van der Waals surface area contributed by atoms with E-state index in [2.05, 4.69) is 26.1 Å². The van der Waals surface area contributed by atoms with E-state index < -0.39 is 0 Å². The number of carbonyl (C=O) groups excluding carboxylic acids is 1. The van der Waals surface area contributed by atoms with Crippen molar-refractivity contribution >= 4 is 5.91 Å². The number of aromatic hydroxyl groups is 1. The van der Waals surface area contributed by atoms with Gasteiger partial charge in [-0.1, -0.05) is 32.9 Å². The monoisotopic (exact) mass is 278 g/mol. The van der Waals surface area contributed by atoms with E-state index in [0.29, 0.717) is 31.7 Å². The van der Waals surface area contributed by atoms with Gasteiger partial charge in [-0.15, -0.1) is 0 Å². The largest absolute Gasteiger partial charge is 0.507 e. The molecule has 4 heteroatoms. The number of carbonyl (C=O) groups is 1. The molecule has 0 radical (unpaired) electrons. The van der Waals surface area contributed by atoms with Crippen LogP contribution in [0.5, 0.6) is 5.75 Å². The van der Waals surface area contributed by atoms with Gasteiger partial charge >= 0.3 is 0 Å². The van der Waals surface area contributed by atoms with E-state index in [1.165, 1.54) is 0 Å². The van der Waals surface area contributed by atoms with Crippen LogP contribution in [-0.2, 0) is 16.6 Å². The van der Waals surface area contributed by atoms with Gasteiger partial charge in [-0.3, -0.25) is 4.79 Å². The molecular weight excluding hydrogens is 252 g/mol. The first kappa shape index (κ1) is 16.5. The lowest BCUT2D eigenvalue weighted by molar-refractivity contribution is -0.120. The topological polar surface area (TPSA) is 75.4 Å². The molecular formula is C16H26N2O2. The Labute approximate surface area is 121 Å². The molecule has 20 heavy (non-hydrogen) atoms. The number of phenols is 1. The van der Waals surface area contributed by atoms with Crippen LogP contribution in [0.2, 0.25) is 0 Å². The zero-order chi connectivity index (χ0) is 15.3. The van der Waals surface area contributed by atoms with Crippen LogP contribution >= 0.6 is 0 Å². The number of phenolic OH excluding ortho intramolecular Hbond substituents is 1. The molecule has 4 N–H and O–H groups in total. The van der Waals surface area contributed by atoms with Crippen LogP contribution in [0.3, 0.4) is 0 Å². The van der Waals surface area contributed by atoms with Crippen molar-refractivity contribution in [1.29, 1.82) is 0 Å². The Morgan fingerprint density at radius 3 is 2.55 bits per heavy atom. The van der Waals surface area contributed by atoms with Crippen LogP contribution in [0.4, 0.5) is 0 Å². The van der Waals surface area contributed by atoms with E-state index in [-0.39, 0.29) is 11.3 Å². The van der Waals surface area contributed by atoms with Crippen molar-refractivity contribution in [3.05, 3.63) is 28.8 Å². The highest BCUT2D eigenvalue weighted by Crippen LogP contribution is 2.34. The fraction of sp³-hybridized carbons (Fsp3) is 0.562. The molecule has 1 amide bonds. The molecule has 0 heterocycles. The minimum Gasteiger partial charge on any atom is -0.507 e. The zero-order valence-corrected chi connectivity index (χ0v) is 12.9. The second-order valence-corrected chi connectivity index (χ2v) is 6.20. The number of nitrogens with one attached hydrogen (secondary N) is 1. The quantitative estimate of drug-likeness (QED) is 0.771. The van der Waals surface area contributed by atoms with Crippen molar-refractivity contribution in [1.82, 2.24) is 5.32 Å². The highest BCUT2D eigenvalue weighted by Gasteiger charge is 2.20. The van der Waals surface area contributed by atoms with Gasteiger partial charge in [0.05, 0.1) is 0 Å². The summed E-state index contributed by atoms with van der Waals surface area (Å²) in [6.45, 7) is 9.07. The lowest BCUT2D eigenvalue weighted by atomic mass is 9.83. The summed E-state index contributed by atoms with van der Waals surface area (Å²) < 4.78 is 0. The maximum atomic E-state index is 11.6. The normalized spacial score (nSPS) is 11.4. The fourth-order valence-corrected chi connectivity index (χ4v) is 2.13. The van der Waals surface area contributed by atoms with Gasteiger partial charge < -0.3 is 16.2 Å². The molecule has 0 aliphatic heterocycles. The number of nitrogens with two attached hydrogens (primary N) is 1. The first-order valence-electron chi connectivity index (χ1n) is 7.05. The Morgan fingerprint density at radius 2 is 2.00 bits per heavy atom. The predicted molar refractivity (Wildman–Crippen MR) is 81.9 cm³/mol. The molecule has 0 unspecified atom stereocenters. The van der Waals surface area contributed by atoms with Gasteiger partial charge in [0.15, 0.2) is 0 Å². The molecule has 1 rings (SSSR count). The highest BCUT2D eigenvalue weighted by atomic mass is 16.3. The maximum Gasteiger partial charge on any atom is 0.220 e. The smallest absolute Gasteiger partial charge is 0.220 e. The molecule has 1 aromatic carbocycles. The Kier molecular flexibility index (Phi) is 5.57. The SMILES string of the molecule is Cc1cc(CCC(=O)NCCN)cc(C(C)(C)C)c1O. The van der Waals surface area contributed by atoms with Gasteiger partial charge in [-0.05, 0) is 35.4 Å². The van der Waals surface area contributed by atoms with Gasteiger partial charge in [0.25, 0.3) is 0 Å². The van der Waals surface area contributed by atoms with Crippen LogP contribution in [0, 0.1) is 6.92 Å². The number of benzene rings is 1. The summed E-state index contributed by atoms with van der Waals surface area (Å²) >= 11 is 0. The van der Waals surface area contributed by atoms with E-state index in [0.717, 1.165) is 16.7 Å². The van der Waals surface area contributed by atoms with E-state index in [4.69, 9.17) is 5.73 Å². The zero-order valence-electron chi connectivity index (χ0n) is 12.9. The van der Waals surface area contributed by atoms with Gasteiger partial charge in [-0.2, -0.15) is 0 Å². The Morgan fingerprint density at radius 1 is 1.35 bits per heavy atom. The number of hydrogen-bond acceptors (Lipinski definition) is 3. The minimum atomic E-state index is -0.118. The van der Waals surface area contributed by atoms with E-state index in [1.54, 1.807) is 0 Å². The van der Waals surface area contributed by atoms with Crippen LogP contribution in [-0.4, -0.2) is 24.1 Å². The van der Waals surface area contributed by atoms with Gasteiger partial charge in [0.1, 0.15) is 5.75 Å². The molecule has 0 saturated heterocycles. The first-order valence-corrected chi connectivity index (χ1v) is 7.05. The number of aryl methyl sites for hydroxylation is 2. The highest BCUT2D eigenvalue weighted by molar-refractivity contribution is 5.76. The molecule has 0 fully saturated rings. The average Bonchev–Trinajstić information content (AvgIpc) is 2.36. The van der Waals surface area contributed by atoms with Gasteiger partial charge in [0.2, 0.25) is 5.91 Å². The van der Waals surface area contributed by atoms with E-state index in [1.807, 2.05) is 19.1 Å². The number of rotatable bonds is 5. The molecule has 1 aromatic rings. The van der Waals surface area contributed by atoms with Crippen molar-refractivity contribution in [3.8, 4) is 5.75 Å². The van der Waals surface area contributed by atoms with Crippen molar-refractivity contribution in [3.63, 3.8) is 0 Å². The fourth-order valence-electron chi connectivity index (χ4n) is 2.13. The molecule has 0 saturated carbocycles. The third-order valence-electron chi connectivity index (χ3n) is 3.28. The van der Waals surface area contributed by atoms with Gasteiger partial charge in [-0.25, -0.2) is 0 Å². The summed E-state index contributed by atoms with van der Waals surface area (Å²) in [4.78, 5) is 11.6. The van der Waals surface area contributed by atoms with Crippen molar-refractivity contribution in [2.24, 2.45) is 5.73 Å². The summed E-state index contributed by atoms with van der Waals surface area (Å²) in [5.74, 6) is 0.368. The van der Waals surface area contributed by atoms with Crippen molar-refractivity contribution < 1.29 is 9.90 Å². The molecule has 0 atom stereocenters. The van der Waals surface area contributed by atoms with Crippen LogP contribution in [0.25, 0.3) is 0 Å². The lowest BCUT2D eigenvalue weighted by Gasteiger charge is -2.22. The van der Waals surface area contributed by atoms with Crippen LogP contribution in [0.1, 0.15) is 43.9 Å². The molecule has 4 nitrogen and oxygen atoms in total. The molecule has 0 aliphatic carbocycles. The second-order valence-electron chi connectivity index (χ2n) is 6.20. The summed E-state index contributed by atoms with van der Waals surface area (Å²) in [7, 11) is 0. The number of hydrogen-bond donors (Lipinski definition) is 3. The summed E-state index contributed by atoms with van der Waals surface area (Å²) in [5, 5.41) is 12.9. The second kappa shape index (κ2) is 6.75. The maximum absolute atomic E-state index is 11.6. The van der Waals surface area contributed by atoms with Crippen molar-refractivity contribution in [2.75, 3.05) is 13.1 Å². The standard InChI is InChI=1S/C16H26N2O2/c1-11-9-12(5-6-14(19)18-8-7-17)10-13(15(11)20)16(2,3)4/h9-10,20H,5-8,17H2,1-4H3,(H,18,19).